The van der Waals surface area contributed by atoms with Crippen molar-refractivity contribution < 1.29 is 14.4 Å². The normalized spacial score (nSPS) is 10.0. The molecule has 0 aliphatic carbocycles. The lowest BCUT2D eigenvalue weighted by Gasteiger charge is -2.16. The Morgan fingerprint density at radius 3 is 2.42 bits per heavy atom. The molecule has 0 unspecified atom stereocenters. The molecule has 0 heterocycles. The maximum Gasteiger partial charge on any atom is 0.527 e. The van der Waals surface area contributed by atoms with Gasteiger partial charge in [0.15, 0.2) is 0 Å². The molecule has 0 bridgehead atoms. The molecule has 5 heteroatoms. The molecule has 2 N–H and O–H groups in total. The van der Waals surface area contributed by atoms with Crippen LogP contribution in [0.15, 0.2) is 0 Å². The van der Waals surface area contributed by atoms with E-state index in [1.165, 1.54) is 0 Å². The van der Waals surface area contributed by atoms with Crippen molar-refractivity contribution in [1.82, 2.24) is 4.90 Å². The van der Waals surface area contributed by atoms with Gasteiger partial charge >= 0.3 is 6.16 Å². The third-order valence-electron chi connectivity index (χ3n) is 1.62. The molecule has 0 aliphatic rings. The number of carbonyl (C=O) groups is 1. The van der Waals surface area contributed by atoms with Crippen molar-refractivity contribution in [3.8, 4) is 0 Å². The van der Waals surface area contributed by atoms with Gasteiger partial charge in [0.05, 0.1) is 0 Å². The maximum absolute atomic E-state index is 10.4. The van der Waals surface area contributed by atoms with E-state index in [9.17, 15) is 4.79 Å². The van der Waals surface area contributed by atoms with Gasteiger partial charge in [0.1, 0.15) is 6.61 Å². The van der Waals surface area contributed by atoms with Crippen LogP contribution in [0.5, 0.6) is 0 Å². The topological polar surface area (TPSA) is 64.8 Å². The molecule has 0 aromatic heterocycles. The zero-order valence-corrected chi connectivity index (χ0v) is 7.58. The fraction of sp³-hybridized carbons (Fsp3) is 0.857. The minimum Gasteiger partial charge on any atom is -0.432 e. The lowest BCUT2D eigenvalue weighted by molar-refractivity contribution is 0.0486. The van der Waals surface area contributed by atoms with Crippen molar-refractivity contribution in [2.45, 2.75) is 13.8 Å². The van der Waals surface area contributed by atoms with Crippen LogP contribution in [0.25, 0.3) is 0 Å². The average Bonchev–Trinajstić information content (AvgIpc) is 2.12. The van der Waals surface area contributed by atoms with Gasteiger partial charge in [0.2, 0.25) is 0 Å². The van der Waals surface area contributed by atoms with Gasteiger partial charge < -0.3 is 14.5 Å². The van der Waals surface area contributed by atoms with E-state index in [4.69, 9.17) is 0 Å². The molecule has 0 spiro atoms. The summed E-state index contributed by atoms with van der Waals surface area (Å²) in [6.07, 6.45) is -0.831. The average molecular weight is 176 g/mol. The Kier molecular flexibility index (Phi) is 6.41. The molecule has 0 saturated heterocycles. The van der Waals surface area contributed by atoms with Crippen LogP contribution in [0, 0.1) is 0 Å². The standard InChI is InChI=1S/C7H16N2O3/c1-3-9(4-2)5-6-11-7(10)12-8/h3-6,8H2,1-2H3. The summed E-state index contributed by atoms with van der Waals surface area (Å²) in [5, 5.41) is 0. The smallest absolute Gasteiger partial charge is 0.432 e. The Labute approximate surface area is 72.4 Å². The van der Waals surface area contributed by atoms with Gasteiger partial charge in [-0.1, -0.05) is 13.8 Å². The number of hydrogen-bond donors (Lipinski definition) is 1. The van der Waals surface area contributed by atoms with E-state index in [0.29, 0.717) is 13.2 Å². The van der Waals surface area contributed by atoms with Gasteiger partial charge in [-0.25, -0.2) is 4.79 Å². The Morgan fingerprint density at radius 1 is 1.42 bits per heavy atom. The number of carbonyl (C=O) groups excluding carboxylic acids is 1. The van der Waals surface area contributed by atoms with Gasteiger partial charge in [0.25, 0.3) is 0 Å². The predicted molar refractivity (Wildman–Crippen MR) is 44.4 cm³/mol. The van der Waals surface area contributed by atoms with Gasteiger partial charge in [-0.2, -0.15) is 5.90 Å². The summed E-state index contributed by atoms with van der Waals surface area (Å²) in [6.45, 7) is 7.00. The number of rotatable bonds is 5. The fourth-order valence-corrected chi connectivity index (χ4v) is 0.832. The number of hydrogen-bond acceptors (Lipinski definition) is 5. The van der Waals surface area contributed by atoms with Crippen LogP contribution >= 0.6 is 0 Å². The van der Waals surface area contributed by atoms with Crippen molar-refractivity contribution >= 4 is 6.16 Å². The molecule has 0 saturated carbocycles. The van der Waals surface area contributed by atoms with E-state index in [-0.39, 0.29) is 0 Å². The Hall–Kier alpha value is -0.810. The van der Waals surface area contributed by atoms with Crippen molar-refractivity contribution in [2.75, 3.05) is 26.2 Å². The summed E-state index contributed by atoms with van der Waals surface area (Å²) in [5.74, 6) is 4.57. The molecule has 0 amide bonds. The molecule has 0 fully saturated rings. The second-order valence-corrected chi connectivity index (χ2v) is 2.24. The molecule has 0 atom stereocenters. The van der Waals surface area contributed by atoms with Crippen LogP contribution in [-0.2, 0) is 9.57 Å². The third-order valence-corrected chi connectivity index (χ3v) is 1.62. The summed E-state index contributed by atoms with van der Waals surface area (Å²) < 4.78 is 4.60. The van der Waals surface area contributed by atoms with E-state index in [0.717, 1.165) is 13.1 Å². The van der Waals surface area contributed by atoms with Gasteiger partial charge in [0, 0.05) is 6.54 Å². The molecular weight excluding hydrogens is 160 g/mol. The summed E-state index contributed by atoms with van der Waals surface area (Å²) >= 11 is 0. The van der Waals surface area contributed by atoms with Gasteiger partial charge in [-0.15, -0.1) is 0 Å². The number of likely N-dealkylation sites (N-methyl/N-ethyl adjacent to an activating group) is 1. The zero-order chi connectivity index (χ0) is 9.40. The van der Waals surface area contributed by atoms with Crippen molar-refractivity contribution in [3.63, 3.8) is 0 Å². The molecule has 0 aromatic rings. The number of nitrogens with two attached hydrogens (primary N) is 1. The van der Waals surface area contributed by atoms with E-state index in [1.54, 1.807) is 0 Å². The van der Waals surface area contributed by atoms with Crippen molar-refractivity contribution in [2.24, 2.45) is 5.90 Å². The lowest BCUT2D eigenvalue weighted by atomic mass is 10.5. The van der Waals surface area contributed by atoms with Gasteiger partial charge in [-0.05, 0) is 13.1 Å². The minimum absolute atomic E-state index is 0.317. The summed E-state index contributed by atoms with van der Waals surface area (Å²) in [5.41, 5.74) is 0. The van der Waals surface area contributed by atoms with Crippen molar-refractivity contribution in [3.05, 3.63) is 0 Å². The largest absolute Gasteiger partial charge is 0.527 e. The zero-order valence-electron chi connectivity index (χ0n) is 7.58. The first kappa shape index (κ1) is 11.2. The first-order valence-corrected chi connectivity index (χ1v) is 4.00. The molecule has 0 rings (SSSR count). The van der Waals surface area contributed by atoms with E-state index in [2.05, 4.69) is 20.4 Å². The molecule has 72 valence electrons. The summed E-state index contributed by atoms with van der Waals surface area (Å²) in [4.78, 5) is 16.3. The van der Waals surface area contributed by atoms with Crippen LogP contribution in [-0.4, -0.2) is 37.3 Å². The fourth-order valence-electron chi connectivity index (χ4n) is 0.832. The van der Waals surface area contributed by atoms with E-state index < -0.39 is 6.16 Å². The Balaban J connectivity index is 3.34. The molecule has 12 heavy (non-hydrogen) atoms. The second-order valence-electron chi connectivity index (χ2n) is 2.24. The predicted octanol–water partition coefficient (Wildman–Crippen LogP) is 0.355. The third kappa shape index (κ3) is 4.92. The van der Waals surface area contributed by atoms with Crippen LogP contribution < -0.4 is 5.90 Å². The second kappa shape index (κ2) is 6.87. The number of ether oxygens (including phenoxy) is 1. The minimum atomic E-state index is -0.831. The highest BCUT2D eigenvalue weighted by molar-refractivity contribution is 5.59. The molecule has 5 nitrogen and oxygen atoms in total. The van der Waals surface area contributed by atoms with Crippen LogP contribution in [0.2, 0.25) is 0 Å². The highest BCUT2D eigenvalue weighted by atomic mass is 16.8. The number of nitrogens with zero attached hydrogens (tertiary/aromatic N) is 1. The van der Waals surface area contributed by atoms with Crippen LogP contribution in [0.3, 0.4) is 0 Å². The molecular formula is C7H16N2O3. The van der Waals surface area contributed by atoms with E-state index >= 15 is 0 Å². The molecule has 0 aliphatic heterocycles. The quantitative estimate of drug-likeness (QED) is 0.484. The van der Waals surface area contributed by atoms with Crippen LogP contribution in [0.4, 0.5) is 4.79 Å². The SMILES string of the molecule is CCN(CC)CCOC(=O)ON. The van der Waals surface area contributed by atoms with E-state index in [1.807, 2.05) is 13.8 Å². The summed E-state index contributed by atoms with van der Waals surface area (Å²) in [6, 6.07) is 0. The molecule has 0 aromatic carbocycles. The lowest BCUT2D eigenvalue weighted by Crippen LogP contribution is -2.28. The Bertz CT molecular complexity index is 126. The first-order chi connectivity index (χ1) is 5.74. The highest BCUT2D eigenvalue weighted by Crippen LogP contribution is 1.87. The highest BCUT2D eigenvalue weighted by Gasteiger charge is 2.02. The van der Waals surface area contributed by atoms with Crippen LogP contribution in [0.1, 0.15) is 13.8 Å². The first-order valence-electron chi connectivity index (χ1n) is 4.00. The van der Waals surface area contributed by atoms with Gasteiger partial charge in [-0.3, -0.25) is 0 Å². The Morgan fingerprint density at radius 2 is 2.00 bits per heavy atom. The maximum atomic E-state index is 10.4. The molecule has 0 radical (unpaired) electrons. The summed E-state index contributed by atoms with van der Waals surface area (Å²) in [7, 11) is 0. The monoisotopic (exact) mass is 176 g/mol. The van der Waals surface area contributed by atoms with Crippen molar-refractivity contribution in [1.29, 1.82) is 0 Å².